The summed E-state index contributed by atoms with van der Waals surface area (Å²) in [6.45, 7) is 1.48. The molecule has 0 spiro atoms. The first-order valence-electron chi connectivity index (χ1n) is 7.55. The first-order valence-corrected chi connectivity index (χ1v) is 8.43. The van der Waals surface area contributed by atoms with Gasteiger partial charge in [-0.2, -0.15) is 13.2 Å². The van der Waals surface area contributed by atoms with Crippen LogP contribution in [0.2, 0.25) is 0 Å². The van der Waals surface area contributed by atoms with Crippen LogP contribution in [0, 0.1) is 11.8 Å². The summed E-state index contributed by atoms with van der Waals surface area (Å²) in [4.78, 5) is 24.2. The van der Waals surface area contributed by atoms with Gasteiger partial charge in [-0.15, -0.1) is 11.3 Å². The molecule has 2 N–H and O–H groups in total. The number of rotatable bonds is 4. The average Bonchev–Trinajstić information content (AvgIpc) is 3.12. The van der Waals surface area contributed by atoms with Gasteiger partial charge in [0.25, 0.3) is 5.91 Å². The molecule has 26 heavy (non-hydrogen) atoms. The standard InChI is InChI=1S/C18H15F3N2O2S/c1-12(23-17(25)15-8-4-10-26-15)16(24)22-9-3-6-13-5-2-7-14(11-13)18(19,20)21/h2,4-5,7-8,10-12H,9H2,1H3,(H,22,24)(H,23,25). The number of amides is 2. The van der Waals surface area contributed by atoms with Crippen molar-refractivity contribution < 1.29 is 22.8 Å². The van der Waals surface area contributed by atoms with Crippen molar-refractivity contribution in [1.82, 2.24) is 10.6 Å². The van der Waals surface area contributed by atoms with Crippen molar-refractivity contribution in [1.29, 1.82) is 0 Å². The maximum atomic E-state index is 12.6. The second-order valence-corrected chi connectivity index (χ2v) is 6.22. The van der Waals surface area contributed by atoms with Crippen LogP contribution in [0.4, 0.5) is 13.2 Å². The summed E-state index contributed by atoms with van der Waals surface area (Å²) in [5.74, 6) is 4.37. The maximum absolute atomic E-state index is 12.6. The lowest BCUT2D eigenvalue weighted by Gasteiger charge is -2.12. The van der Waals surface area contributed by atoms with E-state index in [9.17, 15) is 22.8 Å². The Morgan fingerprint density at radius 2 is 2.00 bits per heavy atom. The molecule has 1 aromatic carbocycles. The molecule has 0 saturated heterocycles. The molecule has 2 rings (SSSR count). The fourth-order valence-corrected chi connectivity index (χ4v) is 2.57. The van der Waals surface area contributed by atoms with Gasteiger partial charge in [0.15, 0.2) is 0 Å². The summed E-state index contributed by atoms with van der Waals surface area (Å²) in [5, 5.41) is 6.81. The highest BCUT2D eigenvalue weighted by molar-refractivity contribution is 7.12. The molecule has 0 aliphatic carbocycles. The molecule has 136 valence electrons. The van der Waals surface area contributed by atoms with E-state index in [0.717, 1.165) is 12.1 Å². The molecule has 1 aromatic heterocycles. The van der Waals surface area contributed by atoms with Crippen molar-refractivity contribution in [3.05, 3.63) is 57.8 Å². The third-order valence-corrected chi connectivity index (χ3v) is 4.13. The van der Waals surface area contributed by atoms with Gasteiger partial charge < -0.3 is 10.6 Å². The van der Waals surface area contributed by atoms with Crippen molar-refractivity contribution in [2.75, 3.05) is 6.54 Å². The van der Waals surface area contributed by atoms with Gasteiger partial charge in [-0.3, -0.25) is 9.59 Å². The molecule has 0 aliphatic heterocycles. The molecule has 4 nitrogen and oxygen atoms in total. The van der Waals surface area contributed by atoms with Gasteiger partial charge in [0.1, 0.15) is 6.04 Å². The molecule has 0 aliphatic rings. The quantitative estimate of drug-likeness (QED) is 0.801. The Bertz CT molecular complexity index is 836. The zero-order valence-corrected chi connectivity index (χ0v) is 14.5. The molecular formula is C18H15F3N2O2S. The van der Waals surface area contributed by atoms with Gasteiger partial charge in [0.2, 0.25) is 5.91 Å². The van der Waals surface area contributed by atoms with Crippen LogP contribution < -0.4 is 10.6 Å². The van der Waals surface area contributed by atoms with Crippen molar-refractivity contribution in [3.8, 4) is 11.8 Å². The first-order chi connectivity index (χ1) is 12.3. The minimum atomic E-state index is -4.43. The molecule has 1 unspecified atom stereocenters. The number of nitrogens with one attached hydrogen (secondary N) is 2. The second kappa shape index (κ2) is 8.54. The minimum Gasteiger partial charge on any atom is -0.343 e. The Kier molecular flexibility index (Phi) is 6.41. The molecule has 0 radical (unpaired) electrons. The van der Waals surface area contributed by atoms with Crippen LogP contribution in [0.25, 0.3) is 0 Å². The summed E-state index contributed by atoms with van der Waals surface area (Å²) in [5.41, 5.74) is -0.577. The lowest BCUT2D eigenvalue weighted by molar-refractivity contribution is -0.137. The molecule has 0 bridgehead atoms. The molecule has 1 heterocycles. The van der Waals surface area contributed by atoms with Crippen molar-refractivity contribution in [3.63, 3.8) is 0 Å². The van der Waals surface area contributed by atoms with Gasteiger partial charge in [-0.1, -0.05) is 24.0 Å². The van der Waals surface area contributed by atoms with E-state index in [0.29, 0.717) is 4.88 Å². The summed E-state index contributed by atoms with van der Waals surface area (Å²) < 4.78 is 37.9. The number of hydrogen-bond donors (Lipinski definition) is 2. The second-order valence-electron chi connectivity index (χ2n) is 5.27. The maximum Gasteiger partial charge on any atom is 0.416 e. The summed E-state index contributed by atoms with van der Waals surface area (Å²) >= 11 is 1.26. The lowest BCUT2D eigenvalue weighted by atomic mass is 10.1. The summed E-state index contributed by atoms with van der Waals surface area (Å²) in [6, 6.07) is 7.24. The molecule has 0 fully saturated rings. The predicted molar refractivity (Wildman–Crippen MR) is 92.6 cm³/mol. The van der Waals surface area contributed by atoms with Crippen molar-refractivity contribution in [2.24, 2.45) is 0 Å². The van der Waals surface area contributed by atoms with Crippen LogP contribution in [0.3, 0.4) is 0 Å². The summed E-state index contributed by atoms with van der Waals surface area (Å²) in [6.07, 6.45) is -4.43. The van der Waals surface area contributed by atoms with E-state index in [1.807, 2.05) is 0 Å². The predicted octanol–water partition coefficient (Wildman–Crippen LogP) is 3.05. The highest BCUT2D eigenvalue weighted by Crippen LogP contribution is 2.29. The van der Waals surface area contributed by atoms with Gasteiger partial charge >= 0.3 is 6.18 Å². The third kappa shape index (κ3) is 5.63. The highest BCUT2D eigenvalue weighted by atomic mass is 32.1. The minimum absolute atomic E-state index is 0.0473. The SMILES string of the molecule is CC(NC(=O)c1cccs1)C(=O)NCC#Cc1cccc(C(F)(F)F)c1. The number of thiophene rings is 1. The molecule has 8 heteroatoms. The smallest absolute Gasteiger partial charge is 0.343 e. The van der Waals surface area contributed by atoms with Crippen molar-refractivity contribution >= 4 is 23.2 Å². The van der Waals surface area contributed by atoms with E-state index in [1.54, 1.807) is 17.5 Å². The Labute approximate surface area is 152 Å². The Morgan fingerprint density at radius 3 is 2.65 bits per heavy atom. The number of hydrogen-bond acceptors (Lipinski definition) is 3. The topological polar surface area (TPSA) is 58.2 Å². The Hall–Kier alpha value is -2.79. The molecular weight excluding hydrogens is 365 g/mol. The molecule has 2 amide bonds. The number of halogens is 3. The fourth-order valence-electron chi connectivity index (χ4n) is 1.95. The zero-order chi connectivity index (χ0) is 19.2. The fraction of sp³-hybridized carbons (Fsp3) is 0.222. The Balaban J connectivity index is 1.85. The molecule has 0 saturated carbocycles. The van der Waals surface area contributed by atoms with Gasteiger partial charge in [-0.25, -0.2) is 0 Å². The third-order valence-electron chi connectivity index (χ3n) is 3.26. The number of alkyl halides is 3. The number of carbonyl (C=O) groups excluding carboxylic acids is 2. The van der Waals surface area contributed by atoms with Crippen molar-refractivity contribution in [2.45, 2.75) is 19.1 Å². The van der Waals surface area contributed by atoms with E-state index >= 15 is 0 Å². The normalized spacial score (nSPS) is 11.8. The molecule has 2 aromatic rings. The van der Waals surface area contributed by atoms with Crippen LogP contribution >= 0.6 is 11.3 Å². The van der Waals surface area contributed by atoms with E-state index in [-0.39, 0.29) is 18.0 Å². The first kappa shape index (κ1) is 19.5. The number of benzene rings is 1. The van der Waals surface area contributed by atoms with Gasteiger partial charge in [-0.05, 0) is 36.6 Å². The van der Waals surface area contributed by atoms with E-state index in [1.165, 1.54) is 30.4 Å². The van der Waals surface area contributed by atoms with E-state index in [2.05, 4.69) is 22.5 Å². The molecule has 1 atom stereocenters. The van der Waals surface area contributed by atoms with Crippen LogP contribution in [0.1, 0.15) is 27.7 Å². The summed E-state index contributed by atoms with van der Waals surface area (Å²) in [7, 11) is 0. The van der Waals surface area contributed by atoms with Crippen LogP contribution in [0.15, 0.2) is 41.8 Å². The average molecular weight is 380 g/mol. The Morgan fingerprint density at radius 1 is 1.23 bits per heavy atom. The van der Waals surface area contributed by atoms with Crippen LogP contribution in [0.5, 0.6) is 0 Å². The zero-order valence-electron chi connectivity index (χ0n) is 13.7. The van der Waals surface area contributed by atoms with Gasteiger partial charge in [0, 0.05) is 5.56 Å². The van der Waals surface area contributed by atoms with Gasteiger partial charge in [0.05, 0.1) is 17.0 Å². The lowest BCUT2D eigenvalue weighted by Crippen LogP contribution is -2.44. The van der Waals surface area contributed by atoms with Crippen LogP contribution in [-0.4, -0.2) is 24.4 Å². The highest BCUT2D eigenvalue weighted by Gasteiger charge is 2.30. The number of carbonyl (C=O) groups is 2. The monoisotopic (exact) mass is 380 g/mol. The van der Waals surface area contributed by atoms with Crippen LogP contribution in [-0.2, 0) is 11.0 Å². The van der Waals surface area contributed by atoms with E-state index < -0.39 is 23.7 Å². The van der Waals surface area contributed by atoms with E-state index in [4.69, 9.17) is 0 Å². The largest absolute Gasteiger partial charge is 0.416 e.